The Bertz CT molecular complexity index is 372. The lowest BCUT2D eigenvalue weighted by atomic mass is 10.1. The molecule has 0 fully saturated rings. The fourth-order valence-corrected chi connectivity index (χ4v) is 3.76. The van der Waals surface area contributed by atoms with E-state index >= 15 is 0 Å². The van der Waals surface area contributed by atoms with Gasteiger partial charge >= 0.3 is 8.80 Å². The predicted octanol–water partition coefficient (Wildman–Crippen LogP) is 2.37. The summed E-state index contributed by atoms with van der Waals surface area (Å²) in [5, 5.41) is 0. The average Bonchev–Trinajstić information content (AvgIpc) is 2.44. The Morgan fingerprint density at radius 3 is 2.32 bits per heavy atom. The topological polar surface area (TPSA) is 31.6 Å². The summed E-state index contributed by atoms with van der Waals surface area (Å²) >= 11 is 0. The van der Waals surface area contributed by atoms with Crippen LogP contribution in [0, 0.1) is 0 Å². The van der Waals surface area contributed by atoms with Crippen molar-refractivity contribution >= 4 is 8.80 Å². The summed E-state index contributed by atoms with van der Waals surface area (Å²) in [6.45, 7) is 5.36. The number of pyridine rings is 1. The highest BCUT2D eigenvalue weighted by atomic mass is 28.4. The summed E-state index contributed by atoms with van der Waals surface area (Å²) in [4.78, 5) is 0. The van der Waals surface area contributed by atoms with Crippen molar-refractivity contribution in [2.75, 3.05) is 21.3 Å². The molecular weight excluding hydrogens is 258 g/mol. The van der Waals surface area contributed by atoms with Gasteiger partial charge in [0.15, 0.2) is 12.4 Å². The zero-order valence-corrected chi connectivity index (χ0v) is 13.7. The van der Waals surface area contributed by atoms with Crippen LogP contribution in [-0.4, -0.2) is 30.1 Å². The molecule has 0 spiro atoms. The molecule has 19 heavy (non-hydrogen) atoms. The fraction of sp³-hybridized carbons (Fsp3) is 0.643. The van der Waals surface area contributed by atoms with E-state index in [1.54, 1.807) is 21.3 Å². The van der Waals surface area contributed by atoms with Crippen LogP contribution in [0.15, 0.2) is 24.5 Å². The van der Waals surface area contributed by atoms with Crippen molar-refractivity contribution in [3.63, 3.8) is 0 Å². The summed E-state index contributed by atoms with van der Waals surface area (Å²) in [5.41, 5.74) is 1.36. The zero-order chi connectivity index (χ0) is 14.3. The largest absolute Gasteiger partial charge is 0.500 e. The van der Waals surface area contributed by atoms with Gasteiger partial charge in [0.25, 0.3) is 0 Å². The molecule has 1 aromatic rings. The van der Waals surface area contributed by atoms with Crippen LogP contribution in [0.2, 0.25) is 6.04 Å². The molecule has 1 rings (SSSR count). The second-order valence-electron chi connectivity index (χ2n) is 4.93. The summed E-state index contributed by atoms with van der Waals surface area (Å²) < 4.78 is 18.5. The van der Waals surface area contributed by atoms with Crippen LogP contribution < -0.4 is 4.57 Å². The Balaban J connectivity index is 2.55. The van der Waals surface area contributed by atoms with Crippen LogP contribution in [0.3, 0.4) is 0 Å². The van der Waals surface area contributed by atoms with Crippen molar-refractivity contribution in [2.24, 2.45) is 0 Å². The van der Waals surface area contributed by atoms with Gasteiger partial charge in [-0.3, -0.25) is 0 Å². The third-order valence-electron chi connectivity index (χ3n) is 3.38. The van der Waals surface area contributed by atoms with E-state index in [0.29, 0.717) is 5.92 Å². The molecule has 0 bridgehead atoms. The first-order chi connectivity index (χ1) is 9.06. The first kappa shape index (κ1) is 16.3. The average molecular weight is 284 g/mol. The molecule has 0 saturated carbocycles. The molecular formula is C14H26NO3Si+. The van der Waals surface area contributed by atoms with Gasteiger partial charge in [0, 0.05) is 45.4 Å². The monoisotopic (exact) mass is 284 g/mol. The predicted molar refractivity (Wildman–Crippen MR) is 76.9 cm³/mol. The van der Waals surface area contributed by atoms with Crippen LogP contribution in [-0.2, 0) is 19.8 Å². The molecule has 0 atom stereocenters. The number of aromatic nitrogens is 1. The molecule has 0 saturated heterocycles. The molecule has 0 aliphatic rings. The van der Waals surface area contributed by atoms with Gasteiger partial charge in [0.05, 0.1) is 0 Å². The molecule has 0 radical (unpaired) electrons. The lowest BCUT2D eigenvalue weighted by Crippen LogP contribution is -2.44. The molecule has 0 aliphatic heterocycles. The van der Waals surface area contributed by atoms with E-state index in [1.165, 1.54) is 5.56 Å². The SMILES string of the molecule is CO[Si](CCC[n+]1cccc(C(C)C)c1)(OC)OC. The minimum absolute atomic E-state index is 0.554. The maximum atomic E-state index is 5.42. The van der Waals surface area contributed by atoms with Crippen molar-refractivity contribution < 1.29 is 17.8 Å². The molecule has 1 aromatic heterocycles. The summed E-state index contributed by atoms with van der Waals surface area (Å²) in [7, 11) is 2.56. The summed E-state index contributed by atoms with van der Waals surface area (Å²) in [5.74, 6) is 0.554. The number of rotatable bonds is 8. The Morgan fingerprint density at radius 2 is 1.79 bits per heavy atom. The van der Waals surface area contributed by atoms with Crippen molar-refractivity contribution in [3.05, 3.63) is 30.1 Å². The van der Waals surface area contributed by atoms with Gasteiger partial charge in [0.1, 0.15) is 6.54 Å². The highest BCUT2D eigenvalue weighted by molar-refractivity contribution is 6.60. The maximum Gasteiger partial charge on any atom is 0.500 e. The number of hydrogen-bond donors (Lipinski definition) is 0. The molecule has 108 valence electrons. The highest BCUT2D eigenvalue weighted by Crippen LogP contribution is 2.15. The Labute approximate surface area is 117 Å². The first-order valence-electron chi connectivity index (χ1n) is 6.71. The van der Waals surface area contributed by atoms with E-state index < -0.39 is 8.80 Å². The zero-order valence-electron chi connectivity index (χ0n) is 12.7. The van der Waals surface area contributed by atoms with Gasteiger partial charge in [0.2, 0.25) is 0 Å². The second-order valence-corrected chi connectivity index (χ2v) is 8.02. The van der Waals surface area contributed by atoms with Crippen molar-refractivity contribution in [1.29, 1.82) is 0 Å². The van der Waals surface area contributed by atoms with E-state index in [-0.39, 0.29) is 0 Å². The molecule has 0 unspecified atom stereocenters. The third kappa shape index (κ3) is 4.69. The Morgan fingerprint density at radius 1 is 1.16 bits per heavy atom. The van der Waals surface area contributed by atoms with Gasteiger partial charge in [-0.1, -0.05) is 13.8 Å². The first-order valence-corrected chi connectivity index (χ1v) is 8.64. The van der Waals surface area contributed by atoms with Crippen LogP contribution in [0.5, 0.6) is 0 Å². The van der Waals surface area contributed by atoms with Crippen LogP contribution >= 0.6 is 0 Å². The smallest absolute Gasteiger partial charge is 0.377 e. The van der Waals surface area contributed by atoms with Crippen molar-refractivity contribution in [3.8, 4) is 0 Å². The quantitative estimate of drug-likeness (QED) is 0.542. The minimum Gasteiger partial charge on any atom is -0.377 e. The number of hydrogen-bond acceptors (Lipinski definition) is 3. The number of aryl methyl sites for hydroxylation is 1. The van der Waals surface area contributed by atoms with Gasteiger partial charge < -0.3 is 13.3 Å². The molecule has 1 heterocycles. The van der Waals surface area contributed by atoms with Gasteiger partial charge in [-0.25, -0.2) is 4.57 Å². The fourth-order valence-electron chi connectivity index (χ4n) is 2.06. The Kier molecular flexibility index (Phi) is 6.64. The lowest BCUT2D eigenvalue weighted by Gasteiger charge is -2.23. The van der Waals surface area contributed by atoms with Gasteiger partial charge in [-0.2, -0.15) is 0 Å². The van der Waals surface area contributed by atoms with E-state index in [4.69, 9.17) is 13.3 Å². The van der Waals surface area contributed by atoms with Crippen LogP contribution in [0.25, 0.3) is 0 Å². The Hall–Kier alpha value is -0.753. The van der Waals surface area contributed by atoms with Crippen molar-refractivity contribution in [1.82, 2.24) is 0 Å². The van der Waals surface area contributed by atoms with Gasteiger partial charge in [-0.05, 0) is 12.0 Å². The minimum atomic E-state index is -2.42. The highest BCUT2D eigenvalue weighted by Gasteiger charge is 2.37. The second kappa shape index (κ2) is 7.74. The van der Waals surface area contributed by atoms with Gasteiger partial charge in [-0.15, -0.1) is 0 Å². The summed E-state index contributed by atoms with van der Waals surface area (Å²) in [6.07, 6.45) is 5.29. The maximum absolute atomic E-state index is 5.42. The van der Waals surface area contributed by atoms with E-state index in [9.17, 15) is 0 Å². The number of nitrogens with zero attached hydrogens (tertiary/aromatic N) is 1. The van der Waals surface area contributed by atoms with E-state index in [0.717, 1.165) is 19.0 Å². The standard InChI is InChI=1S/C14H26NO3Si/c1-13(2)14-8-6-9-15(12-14)10-7-11-19(16-3,17-4)18-5/h6,8-9,12-13H,7,10-11H2,1-5H3/q+1. The molecule has 0 N–H and O–H groups in total. The molecule has 5 heteroatoms. The van der Waals surface area contributed by atoms with Crippen molar-refractivity contribution in [2.45, 2.75) is 38.8 Å². The molecule has 0 aromatic carbocycles. The molecule has 0 amide bonds. The summed E-state index contributed by atoms with van der Waals surface area (Å²) in [6, 6.07) is 5.10. The van der Waals surface area contributed by atoms with E-state index in [1.807, 2.05) is 0 Å². The third-order valence-corrected chi connectivity index (χ3v) is 6.21. The molecule has 4 nitrogen and oxygen atoms in total. The van der Waals surface area contributed by atoms with Crippen LogP contribution in [0.1, 0.15) is 31.7 Å². The molecule has 0 aliphatic carbocycles. The lowest BCUT2D eigenvalue weighted by molar-refractivity contribution is -0.697. The van der Waals surface area contributed by atoms with E-state index in [2.05, 4.69) is 42.9 Å². The van der Waals surface area contributed by atoms with Crippen LogP contribution in [0.4, 0.5) is 0 Å². The normalized spacial score (nSPS) is 12.1.